The van der Waals surface area contributed by atoms with Gasteiger partial charge in [-0.2, -0.15) is 0 Å². The fraction of sp³-hybridized carbons (Fsp3) is 0.286. The molecule has 7 heteroatoms. The van der Waals surface area contributed by atoms with Crippen molar-refractivity contribution >= 4 is 23.4 Å². The number of rotatable bonds is 8. The predicted octanol–water partition coefficient (Wildman–Crippen LogP) is 4.00. The summed E-state index contributed by atoms with van der Waals surface area (Å²) in [5.74, 6) is 1.69. The number of nitrogens with one attached hydrogen (secondary N) is 1. The fourth-order valence-corrected chi connectivity index (χ4v) is 3.26. The lowest BCUT2D eigenvalue weighted by Crippen LogP contribution is -2.14. The number of aromatic nitrogens is 3. The molecule has 0 unspecified atom stereocenters. The summed E-state index contributed by atoms with van der Waals surface area (Å²) in [5, 5.41) is 11.9. The van der Waals surface area contributed by atoms with Crippen molar-refractivity contribution in [3.8, 4) is 5.75 Å². The Morgan fingerprint density at radius 1 is 1.11 bits per heavy atom. The molecule has 3 rings (SSSR count). The molecule has 0 atom stereocenters. The Balaban J connectivity index is 1.50. The lowest BCUT2D eigenvalue weighted by molar-refractivity contribution is -0.113. The Bertz CT molecular complexity index is 921. The number of hydrogen-bond acceptors (Lipinski definition) is 5. The van der Waals surface area contributed by atoms with Gasteiger partial charge in [-0.25, -0.2) is 0 Å². The third-order valence-electron chi connectivity index (χ3n) is 4.29. The zero-order valence-electron chi connectivity index (χ0n) is 16.3. The minimum absolute atomic E-state index is 0.0743. The minimum Gasteiger partial charge on any atom is -0.486 e. The largest absolute Gasteiger partial charge is 0.486 e. The van der Waals surface area contributed by atoms with Crippen LogP contribution in [0.25, 0.3) is 0 Å². The van der Waals surface area contributed by atoms with Gasteiger partial charge in [0.15, 0.2) is 11.0 Å². The summed E-state index contributed by atoms with van der Waals surface area (Å²) in [4.78, 5) is 12.2. The molecule has 0 aliphatic rings. The van der Waals surface area contributed by atoms with E-state index in [-0.39, 0.29) is 11.7 Å². The average molecular weight is 397 g/mol. The maximum Gasteiger partial charge on any atom is 0.234 e. The van der Waals surface area contributed by atoms with E-state index in [0.717, 1.165) is 17.9 Å². The van der Waals surface area contributed by atoms with Gasteiger partial charge in [-0.05, 0) is 43.2 Å². The predicted molar refractivity (Wildman–Crippen MR) is 112 cm³/mol. The first kappa shape index (κ1) is 19.9. The molecule has 0 saturated heterocycles. The number of thioether (sulfide) groups is 1. The Morgan fingerprint density at radius 3 is 2.50 bits per heavy atom. The molecule has 1 amide bonds. The molecule has 146 valence electrons. The quantitative estimate of drug-likeness (QED) is 0.583. The molecule has 28 heavy (non-hydrogen) atoms. The van der Waals surface area contributed by atoms with E-state index in [9.17, 15) is 4.79 Å². The molecule has 0 fully saturated rings. The van der Waals surface area contributed by atoms with E-state index in [1.165, 1.54) is 22.9 Å². The molecule has 3 aromatic rings. The number of benzene rings is 2. The lowest BCUT2D eigenvalue weighted by Gasteiger charge is -2.07. The van der Waals surface area contributed by atoms with Crippen molar-refractivity contribution in [1.82, 2.24) is 14.8 Å². The summed E-state index contributed by atoms with van der Waals surface area (Å²) >= 11 is 1.35. The molecule has 1 aromatic heterocycles. The van der Waals surface area contributed by atoms with E-state index in [1.54, 1.807) is 0 Å². The number of nitrogens with zero attached hydrogens (tertiary/aromatic N) is 3. The third-order valence-corrected chi connectivity index (χ3v) is 5.31. The van der Waals surface area contributed by atoms with Crippen LogP contribution in [0, 0.1) is 6.92 Å². The van der Waals surface area contributed by atoms with Crippen molar-refractivity contribution in [3.05, 3.63) is 65.5 Å². The summed E-state index contributed by atoms with van der Waals surface area (Å²) in [6.07, 6.45) is 0.978. The highest BCUT2D eigenvalue weighted by atomic mass is 32.2. The monoisotopic (exact) mass is 396 g/mol. The number of carbonyl (C=O) groups is 1. The van der Waals surface area contributed by atoms with Gasteiger partial charge in [0.1, 0.15) is 12.4 Å². The zero-order chi connectivity index (χ0) is 19.9. The number of carbonyl (C=O) groups excluding carboxylic acids is 1. The first-order valence-corrected chi connectivity index (χ1v) is 10.1. The van der Waals surface area contributed by atoms with Crippen LogP contribution in [0.1, 0.15) is 23.9 Å². The SMILES string of the molecule is CCc1ccc(NC(=O)CSc2nnc(COc3ccc(C)cc3)n2C)cc1. The number of aryl methyl sites for hydroxylation is 2. The van der Waals surface area contributed by atoms with E-state index in [1.807, 2.05) is 67.1 Å². The zero-order valence-corrected chi connectivity index (χ0v) is 17.1. The van der Waals surface area contributed by atoms with E-state index in [2.05, 4.69) is 22.4 Å². The number of amides is 1. The Morgan fingerprint density at radius 2 is 1.82 bits per heavy atom. The first-order chi connectivity index (χ1) is 13.5. The Hall–Kier alpha value is -2.80. The number of hydrogen-bond donors (Lipinski definition) is 1. The van der Waals surface area contributed by atoms with Gasteiger partial charge >= 0.3 is 0 Å². The summed E-state index contributed by atoms with van der Waals surface area (Å²) in [5.41, 5.74) is 3.23. The average Bonchev–Trinajstić information content (AvgIpc) is 3.06. The fourth-order valence-electron chi connectivity index (χ4n) is 2.53. The molecule has 0 bridgehead atoms. The van der Waals surface area contributed by atoms with Crippen molar-refractivity contribution in [2.24, 2.45) is 7.05 Å². The van der Waals surface area contributed by atoms with Gasteiger partial charge in [-0.1, -0.05) is 48.5 Å². The van der Waals surface area contributed by atoms with Crippen LogP contribution in [0.3, 0.4) is 0 Å². The van der Waals surface area contributed by atoms with Gasteiger partial charge in [0, 0.05) is 12.7 Å². The molecule has 2 aromatic carbocycles. The Kier molecular flexibility index (Phi) is 6.71. The third kappa shape index (κ3) is 5.36. The second-order valence-electron chi connectivity index (χ2n) is 6.45. The molecular weight excluding hydrogens is 372 g/mol. The van der Waals surface area contributed by atoms with Gasteiger partial charge in [0.05, 0.1) is 5.75 Å². The maximum atomic E-state index is 12.2. The van der Waals surface area contributed by atoms with E-state index < -0.39 is 0 Å². The van der Waals surface area contributed by atoms with Crippen molar-refractivity contribution in [3.63, 3.8) is 0 Å². The van der Waals surface area contributed by atoms with Crippen molar-refractivity contribution in [2.45, 2.75) is 32.0 Å². The van der Waals surface area contributed by atoms with E-state index >= 15 is 0 Å². The molecule has 0 spiro atoms. The van der Waals surface area contributed by atoms with Crippen LogP contribution in [0.5, 0.6) is 5.75 Å². The molecule has 0 aliphatic heterocycles. The van der Waals surface area contributed by atoms with Crippen molar-refractivity contribution < 1.29 is 9.53 Å². The van der Waals surface area contributed by atoms with Gasteiger partial charge in [-0.3, -0.25) is 4.79 Å². The van der Waals surface area contributed by atoms with Crippen LogP contribution in [-0.2, 0) is 24.9 Å². The van der Waals surface area contributed by atoms with Crippen LogP contribution >= 0.6 is 11.8 Å². The highest BCUT2D eigenvalue weighted by Gasteiger charge is 2.12. The van der Waals surface area contributed by atoms with Gasteiger partial charge in [0.2, 0.25) is 5.91 Å². The van der Waals surface area contributed by atoms with Gasteiger partial charge in [0.25, 0.3) is 0 Å². The lowest BCUT2D eigenvalue weighted by atomic mass is 10.1. The molecule has 0 aliphatic carbocycles. The van der Waals surface area contributed by atoms with Crippen LogP contribution in [-0.4, -0.2) is 26.4 Å². The minimum atomic E-state index is -0.0743. The second-order valence-corrected chi connectivity index (χ2v) is 7.39. The Labute approximate surface area is 169 Å². The number of ether oxygens (including phenoxy) is 1. The highest BCUT2D eigenvalue weighted by molar-refractivity contribution is 7.99. The summed E-state index contributed by atoms with van der Waals surface area (Å²) in [7, 11) is 1.87. The summed E-state index contributed by atoms with van der Waals surface area (Å²) < 4.78 is 7.60. The van der Waals surface area contributed by atoms with Gasteiger partial charge in [-0.15, -0.1) is 10.2 Å². The first-order valence-electron chi connectivity index (χ1n) is 9.14. The normalized spacial score (nSPS) is 10.7. The number of anilines is 1. The van der Waals surface area contributed by atoms with Crippen LogP contribution in [0.2, 0.25) is 0 Å². The standard InChI is InChI=1S/C21H24N4O2S/c1-4-16-7-9-17(10-8-16)22-20(26)14-28-21-24-23-19(25(21)3)13-27-18-11-5-15(2)6-12-18/h5-12H,4,13-14H2,1-3H3,(H,22,26). The second kappa shape index (κ2) is 9.41. The summed E-state index contributed by atoms with van der Waals surface area (Å²) in [6, 6.07) is 15.7. The van der Waals surface area contributed by atoms with E-state index in [4.69, 9.17) is 4.74 Å². The summed E-state index contributed by atoms with van der Waals surface area (Å²) in [6.45, 7) is 4.46. The molecule has 6 nitrogen and oxygen atoms in total. The van der Waals surface area contributed by atoms with Crippen LogP contribution in [0.15, 0.2) is 53.7 Å². The molecule has 1 N–H and O–H groups in total. The molecule has 1 heterocycles. The topological polar surface area (TPSA) is 69.0 Å². The smallest absolute Gasteiger partial charge is 0.234 e. The molecule has 0 saturated carbocycles. The highest BCUT2D eigenvalue weighted by Crippen LogP contribution is 2.18. The molecule has 0 radical (unpaired) electrons. The van der Waals surface area contributed by atoms with Crippen molar-refractivity contribution in [2.75, 3.05) is 11.1 Å². The van der Waals surface area contributed by atoms with Crippen molar-refractivity contribution in [1.29, 1.82) is 0 Å². The van der Waals surface area contributed by atoms with E-state index in [0.29, 0.717) is 17.6 Å². The van der Waals surface area contributed by atoms with Crippen LogP contribution in [0.4, 0.5) is 5.69 Å². The maximum absolute atomic E-state index is 12.2. The van der Waals surface area contributed by atoms with Gasteiger partial charge < -0.3 is 14.6 Å². The molecular formula is C21H24N4O2S. The van der Waals surface area contributed by atoms with Crippen LogP contribution < -0.4 is 10.1 Å².